The zero-order chi connectivity index (χ0) is 13.8. The maximum absolute atomic E-state index is 10.9. The minimum Gasteiger partial charge on any atom is -0.485 e. The van der Waals surface area contributed by atoms with Crippen LogP contribution in [-0.4, -0.2) is 16.4 Å². The van der Waals surface area contributed by atoms with Crippen LogP contribution in [0, 0.1) is 17.0 Å². The molecule has 0 N–H and O–H groups in total. The SMILES string of the molecule is Cc1cc(COc2ccc([N+](=O)[O-])cc2C=O)on1. The zero-order valence-electron chi connectivity index (χ0n) is 10.0. The Balaban J connectivity index is 2.15. The van der Waals surface area contributed by atoms with Crippen molar-refractivity contribution in [1.82, 2.24) is 5.16 Å². The van der Waals surface area contributed by atoms with Crippen LogP contribution in [0.2, 0.25) is 0 Å². The summed E-state index contributed by atoms with van der Waals surface area (Å²) in [5.74, 6) is 0.766. The molecule has 0 radical (unpaired) electrons. The molecule has 2 rings (SSSR count). The van der Waals surface area contributed by atoms with E-state index in [4.69, 9.17) is 9.26 Å². The first-order chi connectivity index (χ1) is 9.10. The second-order valence-corrected chi connectivity index (χ2v) is 3.82. The van der Waals surface area contributed by atoms with Gasteiger partial charge in [0.15, 0.2) is 12.0 Å². The zero-order valence-corrected chi connectivity index (χ0v) is 10.0. The van der Waals surface area contributed by atoms with Crippen molar-refractivity contribution < 1.29 is 19.0 Å². The van der Waals surface area contributed by atoms with Crippen molar-refractivity contribution in [2.45, 2.75) is 13.5 Å². The van der Waals surface area contributed by atoms with Gasteiger partial charge in [-0.15, -0.1) is 0 Å². The first kappa shape index (κ1) is 12.7. The molecule has 19 heavy (non-hydrogen) atoms. The number of ether oxygens (including phenoxy) is 1. The van der Waals surface area contributed by atoms with Gasteiger partial charge >= 0.3 is 0 Å². The molecule has 0 amide bonds. The van der Waals surface area contributed by atoms with E-state index >= 15 is 0 Å². The van der Waals surface area contributed by atoms with Gasteiger partial charge in [0.05, 0.1) is 16.2 Å². The number of aldehydes is 1. The Kier molecular flexibility index (Phi) is 3.56. The Morgan fingerprint density at radius 2 is 2.26 bits per heavy atom. The number of aromatic nitrogens is 1. The summed E-state index contributed by atoms with van der Waals surface area (Å²) in [6.45, 7) is 1.87. The minimum absolute atomic E-state index is 0.0967. The Morgan fingerprint density at radius 3 is 2.84 bits per heavy atom. The Bertz CT molecular complexity index is 620. The van der Waals surface area contributed by atoms with Crippen molar-refractivity contribution >= 4 is 12.0 Å². The van der Waals surface area contributed by atoms with E-state index in [2.05, 4.69) is 5.16 Å². The lowest BCUT2D eigenvalue weighted by atomic mass is 10.2. The summed E-state index contributed by atoms with van der Waals surface area (Å²) in [7, 11) is 0. The number of nitro groups is 1. The maximum atomic E-state index is 10.9. The van der Waals surface area contributed by atoms with Crippen molar-refractivity contribution in [3.05, 3.63) is 51.4 Å². The fourth-order valence-electron chi connectivity index (χ4n) is 1.51. The molecule has 7 nitrogen and oxygen atoms in total. The number of aryl methyl sites for hydroxylation is 1. The molecule has 0 unspecified atom stereocenters. The van der Waals surface area contributed by atoms with E-state index < -0.39 is 4.92 Å². The number of carbonyl (C=O) groups is 1. The Labute approximate surface area is 107 Å². The van der Waals surface area contributed by atoms with E-state index in [1.165, 1.54) is 12.1 Å². The smallest absolute Gasteiger partial charge is 0.270 e. The molecule has 0 bridgehead atoms. The molecule has 0 saturated carbocycles. The van der Waals surface area contributed by atoms with Crippen LogP contribution in [-0.2, 0) is 6.61 Å². The molecule has 0 saturated heterocycles. The molecule has 0 atom stereocenters. The van der Waals surface area contributed by atoms with Crippen LogP contribution in [0.1, 0.15) is 21.8 Å². The number of hydrogen-bond donors (Lipinski definition) is 0. The molecule has 98 valence electrons. The average Bonchev–Trinajstić information content (AvgIpc) is 2.81. The van der Waals surface area contributed by atoms with Crippen molar-refractivity contribution in [2.75, 3.05) is 0 Å². The number of nitro benzene ring substituents is 1. The van der Waals surface area contributed by atoms with E-state index in [0.717, 1.165) is 11.8 Å². The third-order valence-electron chi connectivity index (χ3n) is 2.38. The first-order valence-electron chi connectivity index (χ1n) is 5.39. The molecular formula is C12H10N2O5. The summed E-state index contributed by atoms with van der Waals surface area (Å²) in [5.41, 5.74) is 0.674. The lowest BCUT2D eigenvalue weighted by molar-refractivity contribution is -0.384. The number of benzene rings is 1. The monoisotopic (exact) mass is 262 g/mol. The Hall–Kier alpha value is -2.70. The molecule has 0 fully saturated rings. The van der Waals surface area contributed by atoms with Gasteiger partial charge < -0.3 is 9.26 Å². The third-order valence-corrected chi connectivity index (χ3v) is 2.38. The number of hydrogen-bond acceptors (Lipinski definition) is 6. The normalized spacial score (nSPS) is 10.2. The summed E-state index contributed by atoms with van der Waals surface area (Å²) in [5, 5.41) is 14.3. The second-order valence-electron chi connectivity index (χ2n) is 3.82. The summed E-state index contributed by atoms with van der Waals surface area (Å²) in [6.07, 6.45) is 0.508. The molecular weight excluding hydrogens is 252 g/mol. The highest BCUT2D eigenvalue weighted by atomic mass is 16.6. The summed E-state index contributed by atoms with van der Waals surface area (Å²) in [4.78, 5) is 20.9. The van der Waals surface area contributed by atoms with E-state index in [9.17, 15) is 14.9 Å². The van der Waals surface area contributed by atoms with Gasteiger partial charge in [0.1, 0.15) is 12.4 Å². The van der Waals surface area contributed by atoms with Gasteiger partial charge in [0.2, 0.25) is 0 Å². The fraction of sp³-hybridized carbons (Fsp3) is 0.167. The molecule has 2 aromatic rings. The summed E-state index contributed by atoms with van der Waals surface area (Å²) in [6, 6.07) is 5.51. The van der Waals surface area contributed by atoms with Crippen LogP contribution in [0.15, 0.2) is 28.8 Å². The molecule has 1 heterocycles. The lowest BCUT2D eigenvalue weighted by Gasteiger charge is -2.05. The highest BCUT2D eigenvalue weighted by Crippen LogP contribution is 2.23. The van der Waals surface area contributed by atoms with Gasteiger partial charge in [-0.3, -0.25) is 14.9 Å². The highest BCUT2D eigenvalue weighted by Gasteiger charge is 2.12. The quantitative estimate of drug-likeness (QED) is 0.466. The molecule has 0 aliphatic rings. The van der Waals surface area contributed by atoms with E-state index in [-0.39, 0.29) is 23.6 Å². The van der Waals surface area contributed by atoms with Gasteiger partial charge in [-0.25, -0.2) is 0 Å². The third kappa shape index (κ3) is 2.95. The lowest BCUT2D eigenvalue weighted by Crippen LogP contribution is -1.98. The summed E-state index contributed by atoms with van der Waals surface area (Å²) < 4.78 is 10.3. The van der Waals surface area contributed by atoms with Gasteiger partial charge in [-0.1, -0.05) is 5.16 Å². The van der Waals surface area contributed by atoms with E-state index in [1.807, 2.05) is 0 Å². The summed E-state index contributed by atoms with van der Waals surface area (Å²) >= 11 is 0. The van der Waals surface area contributed by atoms with Crippen LogP contribution in [0.3, 0.4) is 0 Å². The van der Waals surface area contributed by atoms with Gasteiger partial charge in [-0.05, 0) is 13.0 Å². The first-order valence-corrected chi connectivity index (χ1v) is 5.39. The molecule has 1 aromatic carbocycles. The van der Waals surface area contributed by atoms with Crippen molar-refractivity contribution in [1.29, 1.82) is 0 Å². The highest BCUT2D eigenvalue weighted by molar-refractivity contribution is 5.80. The topological polar surface area (TPSA) is 95.5 Å². The largest absolute Gasteiger partial charge is 0.485 e. The molecule has 0 spiro atoms. The predicted molar refractivity (Wildman–Crippen MR) is 64.1 cm³/mol. The van der Waals surface area contributed by atoms with Crippen LogP contribution in [0.5, 0.6) is 5.75 Å². The molecule has 1 aromatic heterocycles. The molecule has 7 heteroatoms. The number of rotatable bonds is 5. The predicted octanol–water partition coefficient (Wildman–Crippen LogP) is 2.28. The van der Waals surface area contributed by atoms with E-state index in [1.54, 1.807) is 13.0 Å². The number of carbonyl (C=O) groups excluding carboxylic acids is 1. The minimum atomic E-state index is -0.573. The molecule has 0 aliphatic heterocycles. The van der Waals surface area contributed by atoms with Gasteiger partial charge in [0, 0.05) is 18.2 Å². The van der Waals surface area contributed by atoms with Crippen LogP contribution in [0.4, 0.5) is 5.69 Å². The van der Waals surface area contributed by atoms with Crippen LogP contribution >= 0.6 is 0 Å². The van der Waals surface area contributed by atoms with Crippen LogP contribution in [0.25, 0.3) is 0 Å². The van der Waals surface area contributed by atoms with Gasteiger partial charge in [0.25, 0.3) is 5.69 Å². The number of non-ortho nitro benzene ring substituents is 1. The average molecular weight is 262 g/mol. The maximum Gasteiger partial charge on any atom is 0.270 e. The van der Waals surface area contributed by atoms with E-state index in [0.29, 0.717) is 12.0 Å². The van der Waals surface area contributed by atoms with Crippen molar-refractivity contribution in [3.63, 3.8) is 0 Å². The van der Waals surface area contributed by atoms with Crippen molar-refractivity contribution in [2.24, 2.45) is 0 Å². The second kappa shape index (κ2) is 5.30. The van der Waals surface area contributed by atoms with Gasteiger partial charge in [-0.2, -0.15) is 0 Å². The standard InChI is InChI=1S/C12H10N2O5/c1-8-4-11(19-13-8)7-18-12-3-2-10(14(16)17)5-9(12)6-15/h2-6H,7H2,1H3. The van der Waals surface area contributed by atoms with Crippen molar-refractivity contribution in [3.8, 4) is 5.75 Å². The van der Waals surface area contributed by atoms with Crippen LogP contribution < -0.4 is 4.74 Å². The molecule has 0 aliphatic carbocycles. The Morgan fingerprint density at radius 1 is 1.47 bits per heavy atom. The fourth-order valence-corrected chi connectivity index (χ4v) is 1.51. The number of nitrogens with zero attached hydrogens (tertiary/aromatic N) is 2.